The maximum absolute atomic E-state index is 12.6. The van der Waals surface area contributed by atoms with E-state index in [1.165, 1.54) is 0 Å². The molecule has 0 radical (unpaired) electrons. The number of nitrogens with one attached hydrogen (secondary N) is 2. The van der Waals surface area contributed by atoms with Gasteiger partial charge in [-0.1, -0.05) is 12.1 Å². The Balaban J connectivity index is 1.83. The van der Waals surface area contributed by atoms with Gasteiger partial charge >= 0.3 is 0 Å². The summed E-state index contributed by atoms with van der Waals surface area (Å²) in [4.78, 5) is 14.7. The third-order valence-corrected chi connectivity index (χ3v) is 5.75. The van der Waals surface area contributed by atoms with E-state index >= 15 is 0 Å². The fourth-order valence-corrected chi connectivity index (χ4v) is 4.04. The number of aromatic amines is 1. The Hall–Kier alpha value is -1.77. The Morgan fingerprint density at radius 2 is 2.04 bits per heavy atom. The summed E-state index contributed by atoms with van der Waals surface area (Å²) >= 11 is 8.50. The number of hydrogen-bond acceptors (Lipinski definition) is 5. The van der Waals surface area contributed by atoms with E-state index in [1.54, 1.807) is 27.2 Å². The van der Waals surface area contributed by atoms with Crippen LogP contribution in [0.4, 0.5) is 0 Å². The molecule has 3 heterocycles. The van der Waals surface area contributed by atoms with Crippen LogP contribution in [-0.2, 0) is 4.79 Å². The largest absolute Gasteiger partial charge is 0.347 e. The van der Waals surface area contributed by atoms with E-state index in [0.717, 1.165) is 9.75 Å². The summed E-state index contributed by atoms with van der Waals surface area (Å²) in [7, 11) is 0. The summed E-state index contributed by atoms with van der Waals surface area (Å²) in [5.74, 6) is 0.609. The van der Waals surface area contributed by atoms with Crippen molar-refractivity contribution >= 4 is 40.8 Å². The molecule has 8 heteroatoms. The molecule has 2 N–H and O–H groups in total. The summed E-state index contributed by atoms with van der Waals surface area (Å²) in [5.41, 5.74) is 0. The summed E-state index contributed by atoms with van der Waals surface area (Å²) < 4.78 is 2.21. The maximum Gasteiger partial charge on any atom is 0.243 e. The summed E-state index contributed by atoms with van der Waals surface area (Å²) in [6, 6.07) is 7.43. The molecule has 2 atom stereocenters. The van der Waals surface area contributed by atoms with Crippen molar-refractivity contribution < 1.29 is 4.79 Å². The van der Waals surface area contributed by atoms with Crippen LogP contribution in [0, 0.1) is 4.77 Å². The number of carbonyl (C=O) groups is 1. The predicted octanol–water partition coefficient (Wildman–Crippen LogP) is 4.17. The molecule has 0 aliphatic heterocycles. The number of rotatable bonds is 5. The fourth-order valence-electron chi connectivity index (χ4n) is 2.30. The zero-order valence-electron chi connectivity index (χ0n) is 12.6. The molecule has 0 aliphatic rings. The number of thiophene rings is 2. The van der Waals surface area contributed by atoms with E-state index in [-0.39, 0.29) is 11.9 Å². The fraction of sp³-hybridized carbons (Fsp3) is 0.267. The third kappa shape index (κ3) is 3.29. The first-order valence-electron chi connectivity index (χ1n) is 7.12. The van der Waals surface area contributed by atoms with Crippen molar-refractivity contribution in [3.05, 3.63) is 44.7 Å². The van der Waals surface area contributed by atoms with Crippen LogP contribution < -0.4 is 5.32 Å². The first-order valence-corrected chi connectivity index (χ1v) is 9.29. The van der Waals surface area contributed by atoms with Crippen molar-refractivity contribution in [1.29, 1.82) is 0 Å². The van der Waals surface area contributed by atoms with Gasteiger partial charge in [-0.2, -0.15) is 5.10 Å². The van der Waals surface area contributed by atoms with Crippen LogP contribution >= 0.6 is 34.9 Å². The van der Waals surface area contributed by atoms with Gasteiger partial charge in [-0.25, -0.2) is 0 Å². The highest BCUT2D eigenvalue weighted by Crippen LogP contribution is 2.26. The number of H-pyrrole nitrogens is 1. The molecule has 0 aromatic carbocycles. The Labute approximate surface area is 147 Å². The van der Waals surface area contributed by atoms with Gasteiger partial charge in [0.15, 0.2) is 10.6 Å². The highest BCUT2D eigenvalue weighted by molar-refractivity contribution is 7.71. The summed E-state index contributed by atoms with van der Waals surface area (Å²) in [6.07, 6.45) is 0. The molecule has 120 valence electrons. The molecule has 0 saturated heterocycles. The molecule has 0 bridgehead atoms. The second kappa shape index (κ2) is 6.77. The molecular weight excluding hydrogens is 348 g/mol. The van der Waals surface area contributed by atoms with E-state index in [2.05, 4.69) is 15.5 Å². The number of carbonyl (C=O) groups excluding carboxylic acids is 1. The molecule has 1 amide bonds. The SMILES string of the molecule is C[C@H](NC(=O)[C@H](C)n1c(-c2cccs2)n[nH]c1=S)c1cccs1. The lowest BCUT2D eigenvalue weighted by Crippen LogP contribution is -2.33. The highest BCUT2D eigenvalue weighted by Gasteiger charge is 2.22. The average molecular weight is 365 g/mol. The van der Waals surface area contributed by atoms with E-state index in [4.69, 9.17) is 12.2 Å². The predicted molar refractivity (Wildman–Crippen MR) is 96.3 cm³/mol. The van der Waals surface area contributed by atoms with Gasteiger partial charge in [-0.3, -0.25) is 14.5 Å². The first kappa shape index (κ1) is 16.1. The van der Waals surface area contributed by atoms with E-state index < -0.39 is 6.04 Å². The number of hydrogen-bond donors (Lipinski definition) is 2. The molecule has 0 spiro atoms. The number of nitrogens with zero attached hydrogens (tertiary/aromatic N) is 2. The molecule has 3 aromatic rings. The lowest BCUT2D eigenvalue weighted by atomic mass is 10.2. The molecule has 0 unspecified atom stereocenters. The van der Waals surface area contributed by atoms with Gasteiger partial charge in [0.2, 0.25) is 5.91 Å². The smallest absolute Gasteiger partial charge is 0.243 e. The minimum atomic E-state index is -0.444. The van der Waals surface area contributed by atoms with Gasteiger partial charge in [-0.15, -0.1) is 22.7 Å². The van der Waals surface area contributed by atoms with Gasteiger partial charge in [0, 0.05) is 4.88 Å². The lowest BCUT2D eigenvalue weighted by Gasteiger charge is -2.18. The second-order valence-electron chi connectivity index (χ2n) is 5.12. The lowest BCUT2D eigenvalue weighted by molar-refractivity contribution is -0.124. The molecule has 0 saturated carbocycles. The minimum absolute atomic E-state index is 0.0313. The number of amides is 1. The summed E-state index contributed by atoms with van der Waals surface area (Å²) in [6.45, 7) is 3.81. The molecule has 0 fully saturated rings. The molecule has 0 aliphatic carbocycles. The minimum Gasteiger partial charge on any atom is -0.347 e. The van der Waals surface area contributed by atoms with Crippen molar-refractivity contribution in [3.8, 4) is 10.7 Å². The van der Waals surface area contributed by atoms with Crippen LogP contribution in [0.5, 0.6) is 0 Å². The van der Waals surface area contributed by atoms with E-state index in [0.29, 0.717) is 10.6 Å². The van der Waals surface area contributed by atoms with E-state index in [9.17, 15) is 4.79 Å². The normalized spacial score (nSPS) is 13.7. The topological polar surface area (TPSA) is 62.7 Å². The van der Waals surface area contributed by atoms with Gasteiger partial charge in [0.1, 0.15) is 6.04 Å². The van der Waals surface area contributed by atoms with E-state index in [1.807, 2.05) is 48.9 Å². The van der Waals surface area contributed by atoms with Crippen LogP contribution in [0.1, 0.15) is 30.8 Å². The third-order valence-electron chi connectivity index (χ3n) is 3.54. The van der Waals surface area contributed by atoms with Crippen molar-refractivity contribution in [2.45, 2.75) is 25.9 Å². The van der Waals surface area contributed by atoms with Crippen molar-refractivity contribution in [2.75, 3.05) is 0 Å². The maximum atomic E-state index is 12.6. The van der Waals surface area contributed by atoms with Crippen LogP contribution in [0.2, 0.25) is 0 Å². The Bertz CT molecular complexity index is 833. The van der Waals surface area contributed by atoms with Crippen LogP contribution in [0.15, 0.2) is 35.0 Å². The monoisotopic (exact) mass is 364 g/mol. The van der Waals surface area contributed by atoms with Crippen LogP contribution in [-0.4, -0.2) is 20.7 Å². The quantitative estimate of drug-likeness (QED) is 0.668. The highest BCUT2D eigenvalue weighted by atomic mass is 32.1. The van der Waals surface area contributed by atoms with Crippen molar-refractivity contribution in [2.24, 2.45) is 0 Å². The average Bonchev–Trinajstić information content (AvgIpc) is 3.27. The summed E-state index contributed by atoms with van der Waals surface area (Å²) in [5, 5.41) is 14.1. The molecule has 5 nitrogen and oxygen atoms in total. The number of aromatic nitrogens is 3. The van der Waals surface area contributed by atoms with Crippen LogP contribution in [0.3, 0.4) is 0 Å². The zero-order valence-corrected chi connectivity index (χ0v) is 15.1. The van der Waals surface area contributed by atoms with Crippen LogP contribution in [0.25, 0.3) is 10.7 Å². The van der Waals surface area contributed by atoms with Gasteiger partial charge in [0.05, 0.1) is 10.9 Å². The van der Waals surface area contributed by atoms with Gasteiger partial charge in [0.25, 0.3) is 0 Å². The molecular formula is C15H16N4OS3. The Kier molecular flexibility index (Phi) is 4.74. The second-order valence-corrected chi connectivity index (χ2v) is 7.44. The van der Waals surface area contributed by atoms with Crippen molar-refractivity contribution in [3.63, 3.8) is 0 Å². The zero-order chi connectivity index (χ0) is 16.4. The van der Waals surface area contributed by atoms with Gasteiger partial charge < -0.3 is 5.32 Å². The molecule has 23 heavy (non-hydrogen) atoms. The molecule has 3 aromatic heterocycles. The molecule has 3 rings (SSSR count). The first-order chi connectivity index (χ1) is 11.1. The Morgan fingerprint density at radius 1 is 1.30 bits per heavy atom. The standard InChI is InChI=1S/C15H16N4OS3/c1-9(11-5-3-7-22-11)16-14(20)10(2)19-13(17-18-15(19)21)12-6-4-8-23-12/h3-10H,1-2H3,(H,16,20)(H,18,21)/t9-,10-/m0/s1. The van der Waals surface area contributed by atoms with Crippen molar-refractivity contribution in [1.82, 2.24) is 20.1 Å². The Morgan fingerprint density at radius 3 is 2.70 bits per heavy atom. The van der Waals surface area contributed by atoms with Gasteiger partial charge in [-0.05, 0) is 49.0 Å².